The van der Waals surface area contributed by atoms with E-state index in [9.17, 15) is 0 Å². The molecule has 0 amide bonds. The number of hydrogen-bond acceptors (Lipinski definition) is 4. The predicted molar refractivity (Wildman–Crippen MR) is 88.8 cm³/mol. The van der Waals surface area contributed by atoms with E-state index in [0.29, 0.717) is 0 Å². The summed E-state index contributed by atoms with van der Waals surface area (Å²) in [5, 5.41) is 0. The molecule has 1 saturated carbocycles. The number of ether oxygens (including phenoxy) is 2. The molecule has 0 aromatic heterocycles. The molecule has 2 spiro atoms. The molecule has 0 saturated heterocycles. The largest absolute Gasteiger partial charge is 0.462 e. The molecule has 0 unspecified atom stereocenters. The summed E-state index contributed by atoms with van der Waals surface area (Å²) in [6.07, 6.45) is 4.52. The van der Waals surface area contributed by atoms with Crippen molar-refractivity contribution in [2.75, 3.05) is 13.7 Å². The molecule has 4 rings (SSSR count). The molecule has 22 heavy (non-hydrogen) atoms. The minimum absolute atomic E-state index is 0.0546. The Morgan fingerprint density at radius 2 is 2.23 bits per heavy atom. The zero-order valence-electron chi connectivity index (χ0n) is 14.6. The zero-order chi connectivity index (χ0) is 17.2. The molecule has 2 aliphatic carbocycles. The van der Waals surface area contributed by atoms with E-state index in [4.69, 9.17) is 17.9 Å². The Hall–Kier alpha value is -1.07. The van der Waals surface area contributed by atoms with Gasteiger partial charge in [0.15, 0.2) is 0 Å². The van der Waals surface area contributed by atoms with E-state index in [1.54, 1.807) is 7.11 Å². The summed E-state index contributed by atoms with van der Waals surface area (Å²) >= 11 is 3.52. The van der Waals surface area contributed by atoms with E-state index in [1.165, 1.54) is 0 Å². The summed E-state index contributed by atoms with van der Waals surface area (Å²) in [4.78, 5) is 4.62. The fourth-order valence-corrected chi connectivity index (χ4v) is 4.78. The van der Waals surface area contributed by atoms with Crippen LogP contribution in [0.2, 0.25) is 0 Å². The van der Waals surface area contributed by atoms with Crippen LogP contribution in [0.15, 0.2) is 27.7 Å². The molecule has 0 bridgehead atoms. The van der Waals surface area contributed by atoms with Crippen LogP contribution in [-0.2, 0) is 21.4 Å². The maximum absolute atomic E-state index is 8.62. The molecule has 1 aliphatic heterocycles. The van der Waals surface area contributed by atoms with Crippen LogP contribution in [0, 0.1) is 5.41 Å². The molecule has 1 heterocycles. The maximum Gasteiger partial charge on any atom is 0.283 e. The lowest BCUT2D eigenvalue weighted by Gasteiger charge is -2.45. The van der Waals surface area contributed by atoms with Gasteiger partial charge in [0.05, 0.1) is 8.85 Å². The standard InChI is InChI=1S/C17H21BrN2O2/c1-21-13-4-6-16(7-5-13)9-11-2-3-12(18)8-14(11)17(16)10-22-15(19)20-17/h2-3,8,13H,4-7,9-10H2,1H3,(H2,19,20)/t13-,16-,17-/m1/s1/i10D2. The van der Waals surface area contributed by atoms with Crippen LogP contribution in [0.3, 0.4) is 0 Å². The molecule has 0 radical (unpaired) electrons. The van der Waals surface area contributed by atoms with Crippen molar-refractivity contribution in [1.82, 2.24) is 0 Å². The Bertz CT molecular complexity index is 717. The van der Waals surface area contributed by atoms with Gasteiger partial charge in [0.25, 0.3) is 6.02 Å². The van der Waals surface area contributed by atoms with E-state index >= 15 is 0 Å². The average Bonchev–Trinajstić information content (AvgIpc) is 2.93. The van der Waals surface area contributed by atoms with E-state index in [2.05, 4.69) is 27.0 Å². The van der Waals surface area contributed by atoms with Crippen LogP contribution in [0.5, 0.6) is 0 Å². The quantitative estimate of drug-likeness (QED) is 0.830. The third-order valence-electron chi connectivity index (χ3n) is 5.56. The van der Waals surface area contributed by atoms with E-state index < -0.39 is 12.1 Å². The fourth-order valence-electron chi connectivity index (χ4n) is 4.42. The molecule has 2 N–H and O–H groups in total. The smallest absolute Gasteiger partial charge is 0.283 e. The molecular weight excluding hydrogens is 344 g/mol. The van der Waals surface area contributed by atoms with Crippen LogP contribution in [0.1, 0.15) is 39.6 Å². The second-order valence-electron chi connectivity index (χ2n) is 6.56. The van der Waals surface area contributed by atoms with Crippen molar-refractivity contribution < 1.29 is 12.2 Å². The monoisotopic (exact) mass is 366 g/mol. The molecule has 1 atom stereocenters. The minimum atomic E-state index is -1.96. The van der Waals surface area contributed by atoms with Crippen molar-refractivity contribution in [3.63, 3.8) is 0 Å². The minimum Gasteiger partial charge on any atom is -0.462 e. The summed E-state index contributed by atoms with van der Waals surface area (Å²) in [5.41, 5.74) is 6.49. The van der Waals surface area contributed by atoms with Gasteiger partial charge in [-0.1, -0.05) is 22.0 Å². The van der Waals surface area contributed by atoms with Crippen molar-refractivity contribution >= 4 is 22.0 Å². The lowest BCUT2D eigenvalue weighted by Crippen LogP contribution is -2.46. The Labute approximate surface area is 142 Å². The normalized spacial score (nSPS) is 40.1. The number of amidine groups is 1. The van der Waals surface area contributed by atoms with Gasteiger partial charge in [0.1, 0.15) is 12.1 Å². The van der Waals surface area contributed by atoms with Gasteiger partial charge >= 0.3 is 0 Å². The second kappa shape index (κ2) is 4.96. The number of rotatable bonds is 1. The summed E-state index contributed by atoms with van der Waals surface area (Å²) in [6.45, 7) is -1.96. The van der Waals surface area contributed by atoms with Crippen molar-refractivity contribution in [3.8, 4) is 0 Å². The van der Waals surface area contributed by atoms with Crippen LogP contribution in [0.4, 0.5) is 0 Å². The number of nitrogens with two attached hydrogens (primary N) is 1. The topological polar surface area (TPSA) is 56.8 Å². The maximum atomic E-state index is 8.62. The van der Waals surface area contributed by atoms with Gasteiger partial charge in [0.2, 0.25) is 0 Å². The number of nitrogens with zero attached hydrogens (tertiary/aromatic N) is 1. The highest BCUT2D eigenvalue weighted by molar-refractivity contribution is 9.10. The van der Waals surface area contributed by atoms with Crippen LogP contribution in [-0.4, -0.2) is 25.8 Å². The van der Waals surface area contributed by atoms with Crippen LogP contribution < -0.4 is 5.73 Å². The number of hydrogen-bond donors (Lipinski definition) is 1. The predicted octanol–water partition coefficient (Wildman–Crippen LogP) is 3.12. The SMILES string of the molecule is [2H]C1([2H])OC(N)=N[C@@]12c1cc(Br)ccc1C[C@]21CC[C@@H](OC)CC1. The fraction of sp³-hybridized carbons (Fsp3) is 0.588. The van der Waals surface area contributed by atoms with Crippen molar-refractivity contribution in [2.24, 2.45) is 16.1 Å². The van der Waals surface area contributed by atoms with Gasteiger partial charge in [-0.3, -0.25) is 0 Å². The first-order valence-corrected chi connectivity index (χ1v) is 8.49. The average molecular weight is 367 g/mol. The summed E-state index contributed by atoms with van der Waals surface area (Å²) < 4.78 is 29.1. The summed E-state index contributed by atoms with van der Waals surface area (Å²) in [6, 6.07) is 6.00. The third-order valence-corrected chi connectivity index (χ3v) is 6.06. The first-order chi connectivity index (χ1) is 11.3. The first kappa shape index (κ1) is 12.4. The van der Waals surface area contributed by atoms with Gasteiger partial charge < -0.3 is 15.2 Å². The summed E-state index contributed by atoms with van der Waals surface area (Å²) in [7, 11) is 1.74. The van der Waals surface area contributed by atoms with Gasteiger partial charge in [-0.2, -0.15) is 0 Å². The Balaban J connectivity index is 1.90. The molecule has 5 heteroatoms. The Morgan fingerprint density at radius 3 is 2.86 bits per heavy atom. The van der Waals surface area contributed by atoms with Crippen molar-refractivity contribution in [3.05, 3.63) is 33.8 Å². The van der Waals surface area contributed by atoms with E-state index in [-0.39, 0.29) is 17.5 Å². The van der Waals surface area contributed by atoms with Gasteiger partial charge in [-0.15, -0.1) is 0 Å². The number of methoxy groups -OCH3 is 1. The van der Waals surface area contributed by atoms with Gasteiger partial charge in [-0.05, 0) is 55.4 Å². The highest BCUT2D eigenvalue weighted by atomic mass is 79.9. The lowest BCUT2D eigenvalue weighted by molar-refractivity contribution is -0.00984. The van der Waals surface area contributed by atoms with E-state index in [1.807, 2.05) is 12.1 Å². The number of aliphatic imine (C=N–C) groups is 1. The second-order valence-corrected chi connectivity index (χ2v) is 7.47. The first-order valence-electron chi connectivity index (χ1n) is 8.70. The lowest BCUT2D eigenvalue weighted by atomic mass is 9.62. The molecule has 4 nitrogen and oxygen atoms in total. The van der Waals surface area contributed by atoms with Crippen LogP contribution in [0.25, 0.3) is 0 Å². The van der Waals surface area contributed by atoms with Crippen molar-refractivity contribution in [2.45, 2.75) is 43.7 Å². The zero-order valence-corrected chi connectivity index (χ0v) is 14.1. The highest BCUT2D eigenvalue weighted by Crippen LogP contribution is 2.61. The molecule has 1 aromatic carbocycles. The van der Waals surface area contributed by atoms with Gasteiger partial charge in [-0.25, -0.2) is 4.99 Å². The Kier molecular flexibility index (Phi) is 2.79. The third kappa shape index (κ3) is 1.88. The summed E-state index contributed by atoms with van der Waals surface area (Å²) in [5.74, 6) is 0. The van der Waals surface area contributed by atoms with Gasteiger partial charge in [0, 0.05) is 17.0 Å². The highest BCUT2D eigenvalue weighted by Gasteiger charge is 2.61. The molecule has 1 aromatic rings. The molecule has 118 valence electrons. The molecule has 3 aliphatic rings. The molecule has 1 fully saturated rings. The number of halogens is 1. The Morgan fingerprint density at radius 1 is 1.45 bits per heavy atom. The van der Waals surface area contributed by atoms with Crippen LogP contribution >= 0.6 is 15.9 Å². The number of benzene rings is 1. The van der Waals surface area contributed by atoms with Crippen molar-refractivity contribution in [1.29, 1.82) is 0 Å². The number of fused-ring (bicyclic) bond motifs is 3. The van der Waals surface area contributed by atoms with E-state index in [0.717, 1.165) is 47.7 Å². The molecular formula is C17H21BrN2O2.